The third-order valence-electron chi connectivity index (χ3n) is 3.90. The first-order valence-electron chi connectivity index (χ1n) is 6.94. The Morgan fingerprint density at radius 1 is 1.20 bits per heavy atom. The van der Waals surface area contributed by atoms with Gasteiger partial charge in [0.25, 0.3) is 0 Å². The summed E-state index contributed by atoms with van der Waals surface area (Å²) in [6.07, 6.45) is 1.09. The third kappa shape index (κ3) is 2.31. The molecule has 0 atom stereocenters. The normalized spacial score (nSPS) is 13.4. The Morgan fingerprint density at radius 2 is 2.05 bits per heavy atom. The fourth-order valence-electron chi connectivity index (χ4n) is 2.86. The van der Waals surface area contributed by atoms with E-state index in [-0.39, 0.29) is 0 Å². The van der Waals surface area contributed by atoms with Crippen molar-refractivity contribution in [2.75, 3.05) is 24.3 Å². The molecule has 0 unspecified atom stereocenters. The van der Waals surface area contributed by atoms with E-state index < -0.39 is 0 Å². The van der Waals surface area contributed by atoms with E-state index in [1.54, 1.807) is 7.11 Å². The number of anilines is 2. The first kappa shape index (κ1) is 12.9. The van der Waals surface area contributed by atoms with Crippen LogP contribution in [0.2, 0.25) is 0 Å². The van der Waals surface area contributed by atoms with Gasteiger partial charge in [-0.2, -0.15) is 0 Å². The number of hydrogen-bond acceptors (Lipinski definition) is 3. The van der Waals surface area contributed by atoms with Crippen molar-refractivity contribution < 1.29 is 4.74 Å². The highest BCUT2D eigenvalue weighted by molar-refractivity contribution is 5.64. The van der Waals surface area contributed by atoms with Gasteiger partial charge in [-0.15, -0.1) is 0 Å². The minimum Gasteiger partial charge on any atom is -0.496 e. The fraction of sp³-hybridized carbons (Fsp3) is 0.294. The second-order valence-electron chi connectivity index (χ2n) is 5.38. The van der Waals surface area contributed by atoms with Crippen LogP contribution in [0.1, 0.15) is 16.7 Å². The molecule has 20 heavy (non-hydrogen) atoms. The van der Waals surface area contributed by atoms with Crippen molar-refractivity contribution in [3.05, 3.63) is 53.1 Å². The van der Waals surface area contributed by atoms with Gasteiger partial charge < -0.3 is 15.4 Å². The molecule has 2 N–H and O–H groups in total. The monoisotopic (exact) mass is 268 g/mol. The van der Waals surface area contributed by atoms with Crippen LogP contribution in [0.5, 0.6) is 5.75 Å². The lowest BCUT2D eigenvalue weighted by Crippen LogP contribution is -2.20. The molecule has 0 amide bonds. The smallest absolute Gasteiger partial charge is 0.123 e. The van der Waals surface area contributed by atoms with Crippen LogP contribution in [0.15, 0.2) is 36.4 Å². The van der Waals surface area contributed by atoms with E-state index in [0.29, 0.717) is 0 Å². The zero-order valence-corrected chi connectivity index (χ0v) is 12.0. The molecule has 3 nitrogen and oxygen atoms in total. The summed E-state index contributed by atoms with van der Waals surface area (Å²) >= 11 is 0. The number of aryl methyl sites for hydroxylation is 1. The number of rotatable bonds is 3. The van der Waals surface area contributed by atoms with Gasteiger partial charge in [-0.3, -0.25) is 0 Å². The summed E-state index contributed by atoms with van der Waals surface area (Å²) in [4.78, 5) is 2.38. The molecule has 0 spiro atoms. The molecular weight excluding hydrogens is 248 g/mol. The molecule has 0 aromatic heterocycles. The van der Waals surface area contributed by atoms with E-state index in [2.05, 4.69) is 36.1 Å². The molecule has 1 heterocycles. The lowest BCUT2D eigenvalue weighted by atomic mass is 10.1. The quantitative estimate of drug-likeness (QED) is 0.869. The maximum Gasteiger partial charge on any atom is 0.123 e. The minimum atomic E-state index is 0.826. The Morgan fingerprint density at radius 3 is 2.85 bits per heavy atom. The molecular formula is C17H20N2O. The number of nitrogens with two attached hydrogens (primary N) is 1. The van der Waals surface area contributed by atoms with E-state index in [0.717, 1.165) is 30.9 Å². The molecule has 0 bridgehead atoms. The Labute approximate surface area is 120 Å². The first-order valence-corrected chi connectivity index (χ1v) is 6.94. The predicted octanol–water partition coefficient (Wildman–Crippen LogP) is 3.15. The van der Waals surface area contributed by atoms with E-state index in [9.17, 15) is 0 Å². The standard InChI is InChI=1S/C17H20N2O/c1-12-3-6-17(20-2)14(9-12)11-19-8-7-13-4-5-15(18)10-16(13)19/h3-6,9-10H,7-8,11,18H2,1-2H3. The van der Waals surface area contributed by atoms with Crippen LogP contribution in [0, 0.1) is 6.92 Å². The fourth-order valence-corrected chi connectivity index (χ4v) is 2.86. The summed E-state index contributed by atoms with van der Waals surface area (Å²) in [5.41, 5.74) is 11.9. The van der Waals surface area contributed by atoms with Crippen molar-refractivity contribution in [1.82, 2.24) is 0 Å². The van der Waals surface area contributed by atoms with Crippen molar-refractivity contribution in [2.45, 2.75) is 19.9 Å². The van der Waals surface area contributed by atoms with E-state index in [1.807, 2.05) is 12.1 Å². The predicted molar refractivity (Wildman–Crippen MR) is 83.3 cm³/mol. The van der Waals surface area contributed by atoms with Crippen molar-refractivity contribution in [1.29, 1.82) is 0 Å². The van der Waals surface area contributed by atoms with Gasteiger partial charge in [0.1, 0.15) is 5.75 Å². The molecule has 3 rings (SSSR count). The lowest BCUT2D eigenvalue weighted by Gasteiger charge is -2.21. The Hall–Kier alpha value is -2.16. The maximum atomic E-state index is 5.92. The number of methoxy groups -OCH3 is 1. The molecule has 1 aliphatic rings. The average molecular weight is 268 g/mol. The van der Waals surface area contributed by atoms with Gasteiger partial charge in [0.05, 0.1) is 7.11 Å². The molecule has 3 heteroatoms. The highest BCUT2D eigenvalue weighted by Crippen LogP contribution is 2.32. The zero-order valence-electron chi connectivity index (χ0n) is 12.0. The number of fused-ring (bicyclic) bond motifs is 1. The summed E-state index contributed by atoms with van der Waals surface area (Å²) in [7, 11) is 1.73. The summed E-state index contributed by atoms with van der Waals surface area (Å²) in [6, 6.07) is 12.5. The maximum absolute atomic E-state index is 5.92. The molecule has 0 saturated carbocycles. The zero-order chi connectivity index (χ0) is 14.1. The van der Waals surface area contributed by atoms with Crippen LogP contribution in [0.3, 0.4) is 0 Å². The molecule has 0 fully saturated rings. The third-order valence-corrected chi connectivity index (χ3v) is 3.90. The van der Waals surface area contributed by atoms with E-state index in [1.165, 1.54) is 22.4 Å². The van der Waals surface area contributed by atoms with Gasteiger partial charge in [-0.25, -0.2) is 0 Å². The second kappa shape index (κ2) is 5.08. The SMILES string of the molecule is COc1ccc(C)cc1CN1CCc2ccc(N)cc21. The van der Waals surface area contributed by atoms with E-state index >= 15 is 0 Å². The van der Waals surface area contributed by atoms with Crippen LogP contribution in [0.4, 0.5) is 11.4 Å². The Balaban J connectivity index is 1.91. The first-order chi connectivity index (χ1) is 9.67. The van der Waals surface area contributed by atoms with Gasteiger partial charge in [0, 0.05) is 30.0 Å². The Kier molecular flexibility index (Phi) is 3.26. The number of benzene rings is 2. The molecule has 104 valence electrons. The summed E-state index contributed by atoms with van der Waals surface area (Å²) in [5, 5.41) is 0. The largest absolute Gasteiger partial charge is 0.496 e. The van der Waals surface area contributed by atoms with Gasteiger partial charge in [-0.05, 0) is 37.1 Å². The van der Waals surface area contributed by atoms with Gasteiger partial charge in [0.2, 0.25) is 0 Å². The Bertz CT molecular complexity index is 637. The highest BCUT2D eigenvalue weighted by Gasteiger charge is 2.20. The van der Waals surface area contributed by atoms with Crippen LogP contribution in [0.25, 0.3) is 0 Å². The van der Waals surface area contributed by atoms with Crippen LogP contribution in [-0.2, 0) is 13.0 Å². The van der Waals surface area contributed by atoms with Gasteiger partial charge in [0.15, 0.2) is 0 Å². The molecule has 1 aliphatic heterocycles. The average Bonchev–Trinajstić information content (AvgIpc) is 2.82. The van der Waals surface area contributed by atoms with Crippen LogP contribution < -0.4 is 15.4 Å². The van der Waals surface area contributed by atoms with Crippen molar-refractivity contribution >= 4 is 11.4 Å². The molecule has 2 aromatic carbocycles. The summed E-state index contributed by atoms with van der Waals surface area (Å²) in [6.45, 7) is 4.01. The highest BCUT2D eigenvalue weighted by atomic mass is 16.5. The van der Waals surface area contributed by atoms with E-state index in [4.69, 9.17) is 10.5 Å². The van der Waals surface area contributed by atoms with Crippen molar-refractivity contribution in [2.24, 2.45) is 0 Å². The topological polar surface area (TPSA) is 38.5 Å². The number of ether oxygens (including phenoxy) is 1. The van der Waals surface area contributed by atoms with Crippen LogP contribution in [-0.4, -0.2) is 13.7 Å². The number of hydrogen-bond donors (Lipinski definition) is 1. The minimum absolute atomic E-state index is 0.826. The lowest BCUT2D eigenvalue weighted by molar-refractivity contribution is 0.409. The molecule has 2 aromatic rings. The summed E-state index contributed by atoms with van der Waals surface area (Å²) in [5.74, 6) is 0.952. The van der Waals surface area contributed by atoms with Gasteiger partial charge >= 0.3 is 0 Å². The van der Waals surface area contributed by atoms with Gasteiger partial charge in [-0.1, -0.05) is 23.8 Å². The van der Waals surface area contributed by atoms with Crippen LogP contribution >= 0.6 is 0 Å². The summed E-state index contributed by atoms with van der Waals surface area (Å²) < 4.78 is 5.47. The molecule has 0 radical (unpaired) electrons. The number of nitrogens with zero attached hydrogens (tertiary/aromatic N) is 1. The number of nitrogen functional groups attached to an aromatic ring is 1. The van der Waals surface area contributed by atoms with Crippen molar-refractivity contribution in [3.63, 3.8) is 0 Å². The van der Waals surface area contributed by atoms with Crippen molar-refractivity contribution in [3.8, 4) is 5.75 Å². The molecule has 0 aliphatic carbocycles. The second-order valence-corrected chi connectivity index (χ2v) is 5.38. The molecule has 0 saturated heterocycles.